The number of carbonyl (C=O) groups is 2. The molecule has 1 aromatic carbocycles. The van der Waals surface area contributed by atoms with Gasteiger partial charge in [0.25, 0.3) is 0 Å². The van der Waals surface area contributed by atoms with E-state index < -0.39 is 30.1 Å². The molecule has 4 N–H and O–H groups in total. The van der Waals surface area contributed by atoms with Gasteiger partial charge in [-0.3, -0.25) is 9.59 Å². The van der Waals surface area contributed by atoms with Crippen LogP contribution in [-0.2, 0) is 16.2 Å². The van der Waals surface area contributed by atoms with E-state index in [-0.39, 0.29) is 31.1 Å². The molecule has 1 aliphatic heterocycles. The number of ether oxygens (including phenoxy) is 2. The Morgan fingerprint density at radius 2 is 1.98 bits per heavy atom. The van der Waals surface area contributed by atoms with Gasteiger partial charge in [0.15, 0.2) is 11.5 Å². The molecule has 0 aromatic heterocycles. The normalized spacial score (nSPS) is 30.5. The van der Waals surface area contributed by atoms with Gasteiger partial charge in [0.1, 0.15) is 12.2 Å². The standard InChI is InChI=1S/C32H44N2O7/c1-17(2)10-26(37)34(15-19-6-7-20-13-23(19)32(20,3)4)24-14-22(31(39)33-8-9-35)27-21-11-18(16-36)12-25(40-5)29(21)41-30(27)28(24)38/h10-12,14,19-20,23-24,27-28,30,35-36,38H,6-9,13,15-16H2,1-5H3,(H,33,39). The minimum absolute atomic E-state index is 0.0644. The Morgan fingerprint density at radius 3 is 2.59 bits per heavy atom. The number of hydrogen-bond donors (Lipinski definition) is 4. The van der Waals surface area contributed by atoms with E-state index in [2.05, 4.69) is 19.2 Å². The number of benzene rings is 1. The summed E-state index contributed by atoms with van der Waals surface area (Å²) in [4.78, 5) is 29.1. The molecule has 6 rings (SSSR count). The van der Waals surface area contributed by atoms with Crippen LogP contribution >= 0.6 is 0 Å². The highest BCUT2D eigenvalue weighted by Gasteiger charge is 2.56. The lowest BCUT2D eigenvalue weighted by Crippen LogP contribution is -2.59. The minimum atomic E-state index is -1.12. The van der Waals surface area contributed by atoms with Gasteiger partial charge < -0.3 is 35.0 Å². The lowest BCUT2D eigenvalue weighted by Gasteiger charge is -2.61. The van der Waals surface area contributed by atoms with Crippen molar-refractivity contribution in [1.82, 2.24) is 10.2 Å². The molecule has 4 aliphatic carbocycles. The van der Waals surface area contributed by atoms with Crippen molar-refractivity contribution in [3.8, 4) is 11.5 Å². The fourth-order valence-electron chi connectivity index (χ4n) is 7.74. The summed E-state index contributed by atoms with van der Waals surface area (Å²) in [5.41, 5.74) is 2.67. The molecule has 1 aromatic rings. The number of hydrogen-bond acceptors (Lipinski definition) is 7. The molecule has 0 radical (unpaired) electrons. The third-order valence-electron chi connectivity index (χ3n) is 9.98. The van der Waals surface area contributed by atoms with Crippen molar-refractivity contribution in [3.63, 3.8) is 0 Å². The molecular weight excluding hydrogens is 524 g/mol. The van der Waals surface area contributed by atoms with E-state index in [1.54, 1.807) is 29.2 Å². The van der Waals surface area contributed by atoms with E-state index in [4.69, 9.17) is 9.47 Å². The predicted octanol–water partition coefficient (Wildman–Crippen LogP) is 2.68. The lowest BCUT2D eigenvalue weighted by atomic mass is 9.45. The molecule has 5 aliphatic rings. The van der Waals surface area contributed by atoms with Crippen molar-refractivity contribution in [2.24, 2.45) is 23.2 Å². The van der Waals surface area contributed by atoms with Gasteiger partial charge in [0.2, 0.25) is 11.8 Å². The van der Waals surface area contributed by atoms with E-state index >= 15 is 0 Å². The van der Waals surface area contributed by atoms with Gasteiger partial charge in [-0.2, -0.15) is 0 Å². The third kappa shape index (κ3) is 5.17. The van der Waals surface area contributed by atoms with Crippen molar-refractivity contribution in [2.45, 2.75) is 77.7 Å². The highest BCUT2D eigenvalue weighted by atomic mass is 16.5. The number of amides is 2. The van der Waals surface area contributed by atoms with Gasteiger partial charge in [-0.05, 0) is 80.1 Å². The zero-order valence-corrected chi connectivity index (χ0v) is 24.7. The Hall–Kier alpha value is -2.88. The molecule has 1 heterocycles. The van der Waals surface area contributed by atoms with Crippen LogP contribution in [0, 0.1) is 23.2 Å². The van der Waals surface area contributed by atoms with Gasteiger partial charge >= 0.3 is 0 Å². The Morgan fingerprint density at radius 1 is 1.22 bits per heavy atom. The van der Waals surface area contributed by atoms with Crippen LogP contribution in [0.3, 0.4) is 0 Å². The van der Waals surface area contributed by atoms with Gasteiger partial charge in [-0.15, -0.1) is 0 Å². The number of aliphatic hydroxyl groups is 3. The van der Waals surface area contributed by atoms with Crippen LogP contribution in [0.15, 0.2) is 35.4 Å². The average Bonchev–Trinajstić information content (AvgIpc) is 3.34. The van der Waals surface area contributed by atoms with Crippen molar-refractivity contribution < 1.29 is 34.4 Å². The van der Waals surface area contributed by atoms with E-state index in [1.807, 2.05) is 13.8 Å². The summed E-state index contributed by atoms with van der Waals surface area (Å²) in [7, 11) is 1.50. The van der Waals surface area contributed by atoms with E-state index in [1.165, 1.54) is 7.11 Å². The number of allylic oxidation sites excluding steroid dienone is 1. The van der Waals surface area contributed by atoms with Gasteiger partial charge in [0, 0.05) is 30.3 Å². The van der Waals surface area contributed by atoms with Gasteiger partial charge in [-0.1, -0.05) is 19.4 Å². The highest BCUT2D eigenvalue weighted by molar-refractivity contribution is 5.96. The molecule has 0 saturated heterocycles. The first-order valence-corrected chi connectivity index (χ1v) is 14.7. The SMILES string of the molecule is COc1cc(CO)cc2c1OC1C2C(C(=O)NCCO)=CC(N(CC2CCC3CC2C3(C)C)C(=O)C=C(C)C)C1O. The second-order valence-corrected chi connectivity index (χ2v) is 12.9. The molecule has 7 atom stereocenters. The van der Waals surface area contributed by atoms with Crippen molar-refractivity contribution >= 4 is 11.8 Å². The molecule has 41 heavy (non-hydrogen) atoms. The second kappa shape index (κ2) is 11.4. The zero-order valence-electron chi connectivity index (χ0n) is 24.7. The van der Waals surface area contributed by atoms with Crippen molar-refractivity contribution in [2.75, 3.05) is 26.8 Å². The Bertz CT molecular complexity index is 1250. The average molecular weight is 569 g/mol. The van der Waals surface area contributed by atoms with Crippen LogP contribution < -0.4 is 14.8 Å². The number of nitrogens with one attached hydrogen (secondary N) is 1. The number of nitrogens with zero attached hydrogens (tertiary/aromatic N) is 1. The quantitative estimate of drug-likeness (QED) is 0.337. The maximum atomic E-state index is 13.8. The van der Waals surface area contributed by atoms with Crippen LogP contribution in [0.2, 0.25) is 0 Å². The second-order valence-electron chi connectivity index (χ2n) is 12.9. The fourth-order valence-corrected chi connectivity index (χ4v) is 7.74. The maximum Gasteiger partial charge on any atom is 0.247 e. The molecule has 9 nitrogen and oxygen atoms in total. The van der Waals surface area contributed by atoms with E-state index in [0.29, 0.717) is 46.6 Å². The zero-order chi connectivity index (χ0) is 29.6. The van der Waals surface area contributed by atoms with Crippen molar-refractivity contribution in [3.05, 3.63) is 46.6 Å². The summed E-state index contributed by atoms with van der Waals surface area (Å²) in [6.07, 6.45) is 4.66. The van der Waals surface area contributed by atoms with Crippen LogP contribution in [0.1, 0.15) is 64.0 Å². The molecule has 3 saturated carbocycles. The van der Waals surface area contributed by atoms with Gasteiger partial charge in [0.05, 0.1) is 32.3 Å². The number of rotatable bonds is 9. The number of carbonyl (C=O) groups excluding carboxylic acids is 2. The molecule has 2 amide bonds. The third-order valence-corrected chi connectivity index (χ3v) is 9.98. The first kappa shape index (κ1) is 29.6. The van der Waals surface area contributed by atoms with E-state index in [9.17, 15) is 24.9 Å². The lowest BCUT2D eigenvalue weighted by molar-refractivity contribution is -0.142. The van der Waals surface area contributed by atoms with Crippen molar-refractivity contribution in [1.29, 1.82) is 0 Å². The predicted molar refractivity (Wildman–Crippen MR) is 153 cm³/mol. The summed E-state index contributed by atoms with van der Waals surface area (Å²) in [6, 6.07) is 2.65. The number of aliphatic hydroxyl groups excluding tert-OH is 3. The van der Waals surface area contributed by atoms with Crippen LogP contribution in [-0.4, -0.2) is 77.1 Å². The molecule has 3 fully saturated rings. The van der Waals surface area contributed by atoms with E-state index in [0.717, 1.165) is 30.8 Å². The summed E-state index contributed by atoms with van der Waals surface area (Å²) in [5.74, 6) is 1.09. The Kier molecular flexibility index (Phi) is 8.25. The van der Waals surface area contributed by atoms with Crippen LogP contribution in [0.25, 0.3) is 0 Å². The molecule has 9 heteroatoms. The van der Waals surface area contributed by atoms with Gasteiger partial charge in [-0.25, -0.2) is 0 Å². The largest absolute Gasteiger partial charge is 0.493 e. The Labute approximate surface area is 242 Å². The van der Waals surface area contributed by atoms with Crippen LogP contribution in [0.4, 0.5) is 0 Å². The fraction of sp³-hybridized carbons (Fsp3) is 0.625. The topological polar surface area (TPSA) is 129 Å². The smallest absolute Gasteiger partial charge is 0.247 e. The molecule has 0 spiro atoms. The maximum absolute atomic E-state index is 13.8. The Balaban J connectivity index is 1.57. The minimum Gasteiger partial charge on any atom is -0.493 e. The molecule has 7 unspecified atom stereocenters. The monoisotopic (exact) mass is 568 g/mol. The summed E-state index contributed by atoms with van der Waals surface area (Å²) < 4.78 is 11.9. The summed E-state index contributed by atoms with van der Waals surface area (Å²) in [5, 5.41) is 33.9. The summed E-state index contributed by atoms with van der Waals surface area (Å²) in [6.45, 7) is 8.48. The number of fused-ring (bicyclic) bond motifs is 5. The highest BCUT2D eigenvalue weighted by Crippen LogP contribution is 2.61. The molecular formula is C32H44N2O7. The molecule has 2 bridgehead atoms. The first-order chi connectivity index (χ1) is 19.5. The molecule has 224 valence electrons. The first-order valence-electron chi connectivity index (χ1n) is 14.7. The van der Waals surface area contributed by atoms with Crippen LogP contribution in [0.5, 0.6) is 11.5 Å². The number of methoxy groups -OCH3 is 1. The summed E-state index contributed by atoms with van der Waals surface area (Å²) >= 11 is 0.